The van der Waals surface area contributed by atoms with Crippen LogP contribution in [-0.2, 0) is 0 Å². The van der Waals surface area contributed by atoms with Gasteiger partial charge in [-0.3, -0.25) is 10.1 Å². The number of nitrogens with zero attached hydrogens (tertiary/aromatic N) is 1. The molecule has 0 aromatic heterocycles. The number of aryl methyl sites for hydroxylation is 1. The molecule has 0 radical (unpaired) electrons. The Balaban J connectivity index is 2.25. The van der Waals surface area contributed by atoms with E-state index >= 15 is 0 Å². The summed E-state index contributed by atoms with van der Waals surface area (Å²) in [7, 11) is 0. The predicted molar refractivity (Wildman–Crippen MR) is 74.7 cm³/mol. The second-order valence-electron chi connectivity index (χ2n) is 5.65. The van der Waals surface area contributed by atoms with Gasteiger partial charge in [-0.2, -0.15) is 0 Å². The molecule has 0 amide bonds. The van der Waals surface area contributed by atoms with E-state index in [-0.39, 0.29) is 23.2 Å². The van der Waals surface area contributed by atoms with Gasteiger partial charge in [0.2, 0.25) is 0 Å². The molecule has 2 atom stereocenters. The van der Waals surface area contributed by atoms with Crippen molar-refractivity contribution in [2.24, 2.45) is 5.41 Å². The molecule has 1 aromatic rings. The highest BCUT2D eigenvalue weighted by Crippen LogP contribution is 2.44. The SMILES string of the molecule is Cc1cc([N+](=O)[O-])cc(Cl)c1NC1CC(O)C1(C)C. The van der Waals surface area contributed by atoms with Gasteiger partial charge in [-0.25, -0.2) is 0 Å². The summed E-state index contributed by atoms with van der Waals surface area (Å²) in [5, 5.41) is 24.1. The van der Waals surface area contributed by atoms with Crippen molar-refractivity contribution in [1.29, 1.82) is 0 Å². The maximum Gasteiger partial charge on any atom is 0.271 e. The molecule has 6 heteroatoms. The molecule has 19 heavy (non-hydrogen) atoms. The van der Waals surface area contributed by atoms with Crippen LogP contribution in [0.15, 0.2) is 12.1 Å². The topological polar surface area (TPSA) is 75.4 Å². The molecular formula is C13H17ClN2O3. The van der Waals surface area contributed by atoms with Crippen molar-refractivity contribution in [3.63, 3.8) is 0 Å². The summed E-state index contributed by atoms with van der Waals surface area (Å²) in [4.78, 5) is 10.3. The van der Waals surface area contributed by atoms with Crippen LogP contribution in [-0.4, -0.2) is 22.2 Å². The quantitative estimate of drug-likeness (QED) is 0.660. The lowest BCUT2D eigenvalue weighted by Crippen LogP contribution is -2.57. The number of benzene rings is 1. The van der Waals surface area contributed by atoms with Crippen LogP contribution < -0.4 is 5.32 Å². The minimum atomic E-state index is -0.459. The highest BCUT2D eigenvalue weighted by atomic mass is 35.5. The second-order valence-corrected chi connectivity index (χ2v) is 6.05. The van der Waals surface area contributed by atoms with E-state index in [1.165, 1.54) is 12.1 Å². The summed E-state index contributed by atoms with van der Waals surface area (Å²) in [6, 6.07) is 2.95. The fraction of sp³-hybridized carbons (Fsp3) is 0.538. The maximum absolute atomic E-state index is 10.7. The number of nitro benzene ring substituents is 1. The summed E-state index contributed by atoms with van der Waals surface area (Å²) in [6.07, 6.45) is 0.321. The Labute approximate surface area is 116 Å². The number of nitrogens with one attached hydrogen (secondary N) is 1. The van der Waals surface area contributed by atoms with Gasteiger partial charge in [0, 0.05) is 23.6 Å². The fourth-order valence-corrected chi connectivity index (χ4v) is 2.65. The van der Waals surface area contributed by atoms with Gasteiger partial charge < -0.3 is 10.4 Å². The highest BCUT2D eigenvalue weighted by Gasteiger charge is 2.47. The fourth-order valence-electron chi connectivity index (χ4n) is 2.34. The molecule has 0 bridgehead atoms. The molecule has 2 N–H and O–H groups in total. The van der Waals surface area contributed by atoms with Crippen LogP contribution in [0.2, 0.25) is 5.02 Å². The van der Waals surface area contributed by atoms with E-state index in [9.17, 15) is 15.2 Å². The van der Waals surface area contributed by atoms with E-state index in [2.05, 4.69) is 5.32 Å². The van der Waals surface area contributed by atoms with E-state index in [1.54, 1.807) is 6.92 Å². The minimum absolute atomic E-state index is 0.0130. The smallest absolute Gasteiger partial charge is 0.271 e. The number of hydrogen-bond donors (Lipinski definition) is 2. The molecule has 1 aliphatic rings. The Bertz CT molecular complexity index is 508. The van der Waals surface area contributed by atoms with Crippen molar-refractivity contribution in [3.8, 4) is 0 Å². The average molecular weight is 285 g/mol. The van der Waals surface area contributed by atoms with Crippen LogP contribution in [0.4, 0.5) is 11.4 Å². The van der Waals surface area contributed by atoms with Crippen molar-refractivity contribution in [2.75, 3.05) is 5.32 Å². The Kier molecular flexibility index (Phi) is 3.45. The number of halogens is 1. The summed E-state index contributed by atoms with van der Waals surface area (Å²) in [6.45, 7) is 5.74. The van der Waals surface area contributed by atoms with Gasteiger partial charge in [0.05, 0.1) is 21.7 Å². The van der Waals surface area contributed by atoms with Gasteiger partial charge in [-0.1, -0.05) is 25.4 Å². The Morgan fingerprint density at radius 3 is 2.58 bits per heavy atom. The first-order valence-corrected chi connectivity index (χ1v) is 6.50. The molecular weight excluding hydrogens is 268 g/mol. The van der Waals surface area contributed by atoms with Gasteiger partial charge >= 0.3 is 0 Å². The molecule has 0 spiro atoms. The Hall–Kier alpha value is -1.33. The molecule has 1 fully saturated rings. The number of aliphatic hydroxyl groups excluding tert-OH is 1. The Morgan fingerprint density at radius 1 is 1.53 bits per heavy atom. The van der Waals surface area contributed by atoms with Crippen molar-refractivity contribution >= 4 is 23.0 Å². The standard InChI is InChI=1S/C13H17ClN2O3/c1-7-4-8(16(18)19)5-9(14)12(7)15-10-6-11(17)13(10,2)3/h4-5,10-11,15,17H,6H2,1-3H3. The summed E-state index contributed by atoms with van der Waals surface area (Å²) in [5.41, 5.74) is 1.20. The predicted octanol–water partition coefficient (Wildman–Crippen LogP) is 3.13. The average Bonchev–Trinajstić information content (AvgIpc) is 2.31. The zero-order chi connectivity index (χ0) is 14.4. The zero-order valence-electron chi connectivity index (χ0n) is 11.1. The molecule has 1 saturated carbocycles. The first kappa shape index (κ1) is 14.1. The molecule has 1 aliphatic carbocycles. The van der Waals surface area contributed by atoms with Crippen molar-refractivity contribution < 1.29 is 10.0 Å². The molecule has 0 aliphatic heterocycles. The number of non-ortho nitro benzene ring substituents is 1. The number of nitro groups is 1. The largest absolute Gasteiger partial charge is 0.392 e. The lowest BCUT2D eigenvalue weighted by molar-refractivity contribution is -0.384. The number of rotatable bonds is 3. The normalized spacial score (nSPS) is 24.7. The van der Waals surface area contributed by atoms with Gasteiger partial charge in [-0.15, -0.1) is 0 Å². The van der Waals surface area contributed by atoms with E-state index < -0.39 is 4.92 Å². The number of hydrogen-bond acceptors (Lipinski definition) is 4. The molecule has 1 aromatic carbocycles. The number of aliphatic hydroxyl groups is 1. The van der Waals surface area contributed by atoms with Gasteiger partial charge in [0.25, 0.3) is 5.69 Å². The molecule has 0 saturated heterocycles. The molecule has 2 rings (SSSR count). The first-order valence-electron chi connectivity index (χ1n) is 6.12. The summed E-state index contributed by atoms with van der Waals surface area (Å²) >= 11 is 6.10. The minimum Gasteiger partial charge on any atom is -0.392 e. The van der Waals surface area contributed by atoms with Crippen molar-refractivity contribution in [1.82, 2.24) is 0 Å². The van der Waals surface area contributed by atoms with Crippen LogP contribution in [0.1, 0.15) is 25.8 Å². The maximum atomic E-state index is 10.7. The summed E-state index contributed by atoms with van der Waals surface area (Å²) < 4.78 is 0. The van der Waals surface area contributed by atoms with Crippen LogP contribution in [0, 0.1) is 22.5 Å². The van der Waals surface area contributed by atoms with Crippen molar-refractivity contribution in [2.45, 2.75) is 39.3 Å². The van der Waals surface area contributed by atoms with Crippen molar-refractivity contribution in [3.05, 3.63) is 32.8 Å². The third kappa shape index (κ3) is 2.40. The van der Waals surface area contributed by atoms with Gasteiger partial charge in [-0.05, 0) is 18.9 Å². The van der Waals surface area contributed by atoms with Crippen LogP contribution in [0.3, 0.4) is 0 Å². The zero-order valence-corrected chi connectivity index (χ0v) is 11.9. The van der Waals surface area contributed by atoms with E-state index in [0.717, 1.165) is 5.56 Å². The van der Waals surface area contributed by atoms with E-state index in [1.807, 2.05) is 13.8 Å². The molecule has 0 heterocycles. The molecule has 104 valence electrons. The lowest BCUT2D eigenvalue weighted by Gasteiger charge is -2.50. The van der Waals surface area contributed by atoms with E-state index in [0.29, 0.717) is 17.1 Å². The lowest BCUT2D eigenvalue weighted by atomic mass is 9.64. The van der Waals surface area contributed by atoms with Crippen LogP contribution in [0.25, 0.3) is 0 Å². The van der Waals surface area contributed by atoms with Gasteiger partial charge in [0.15, 0.2) is 0 Å². The van der Waals surface area contributed by atoms with Crippen LogP contribution in [0.5, 0.6) is 0 Å². The van der Waals surface area contributed by atoms with E-state index in [4.69, 9.17) is 11.6 Å². The first-order chi connectivity index (χ1) is 8.73. The third-order valence-corrected chi connectivity index (χ3v) is 4.32. The molecule has 2 unspecified atom stereocenters. The highest BCUT2D eigenvalue weighted by molar-refractivity contribution is 6.33. The molecule has 5 nitrogen and oxygen atoms in total. The summed E-state index contributed by atoms with van der Waals surface area (Å²) in [5.74, 6) is 0. The third-order valence-electron chi connectivity index (χ3n) is 4.02. The Morgan fingerprint density at radius 2 is 2.16 bits per heavy atom. The van der Waals surface area contributed by atoms with Gasteiger partial charge in [0.1, 0.15) is 0 Å². The second kappa shape index (κ2) is 4.65. The number of anilines is 1. The van der Waals surface area contributed by atoms with Crippen LogP contribution >= 0.6 is 11.6 Å². The monoisotopic (exact) mass is 284 g/mol.